The number of nitrogens with zero attached hydrogens (tertiary/aromatic N) is 1. The minimum absolute atomic E-state index is 0.120. The van der Waals surface area contributed by atoms with Crippen LogP contribution in [0.15, 0.2) is 35.1 Å². The maximum Gasteiger partial charge on any atom is 0.360 e. The van der Waals surface area contributed by atoms with Gasteiger partial charge in [-0.2, -0.15) is 0 Å². The first-order chi connectivity index (χ1) is 10.9. The molecule has 0 spiro atoms. The quantitative estimate of drug-likeness (QED) is 0.865. The molecule has 0 saturated heterocycles. The molecule has 0 aliphatic rings. The molecule has 0 aliphatic heterocycles. The van der Waals surface area contributed by atoms with E-state index in [9.17, 15) is 14.4 Å². The van der Waals surface area contributed by atoms with E-state index < -0.39 is 23.2 Å². The third-order valence-corrected chi connectivity index (χ3v) is 3.03. The Morgan fingerprint density at radius 2 is 1.78 bits per heavy atom. The van der Waals surface area contributed by atoms with Crippen LogP contribution in [0.5, 0.6) is 5.75 Å². The summed E-state index contributed by atoms with van der Waals surface area (Å²) in [6, 6.07) is 8.11. The lowest BCUT2D eigenvalue weighted by atomic mass is 10.2. The van der Waals surface area contributed by atoms with Gasteiger partial charge >= 0.3 is 11.9 Å². The van der Waals surface area contributed by atoms with Crippen LogP contribution in [0.25, 0.3) is 0 Å². The summed E-state index contributed by atoms with van der Waals surface area (Å²) in [5.74, 6) is -1.91. The number of carbonyl (C=O) groups is 2. The first-order valence-corrected chi connectivity index (χ1v) is 6.93. The number of aromatic nitrogens is 2. The Bertz CT molecular complexity index is 781. The van der Waals surface area contributed by atoms with Crippen LogP contribution >= 0.6 is 0 Å². The number of methoxy groups -OCH3 is 1. The van der Waals surface area contributed by atoms with Gasteiger partial charge in [-0.1, -0.05) is 32.0 Å². The van der Waals surface area contributed by atoms with Gasteiger partial charge in [0.25, 0.3) is 5.56 Å². The van der Waals surface area contributed by atoms with Crippen LogP contribution in [0.1, 0.15) is 46.4 Å². The number of benzene rings is 1. The van der Waals surface area contributed by atoms with Crippen molar-refractivity contribution in [1.82, 2.24) is 9.97 Å². The molecule has 0 fully saturated rings. The molecule has 2 aromatic rings. The monoisotopic (exact) mass is 316 g/mol. The molecule has 0 unspecified atom stereocenters. The summed E-state index contributed by atoms with van der Waals surface area (Å²) in [5, 5.41) is 0. The minimum atomic E-state index is -0.853. The zero-order chi connectivity index (χ0) is 17.0. The number of hydrogen-bond donors (Lipinski definition) is 1. The van der Waals surface area contributed by atoms with Gasteiger partial charge in [0.1, 0.15) is 5.82 Å². The summed E-state index contributed by atoms with van der Waals surface area (Å²) in [7, 11) is 1.16. The lowest BCUT2D eigenvalue weighted by molar-refractivity contribution is 0.0584. The van der Waals surface area contributed by atoms with Crippen molar-refractivity contribution in [2.45, 2.75) is 19.8 Å². The van der Waals surface area contributed by atoms with E-state index >= 15 is 0 Å². The molecule has 0 radical (unpaired) electrons. The summed E-state index contributed by atoms with van der Waals surface area (Å²) in [5.41, 5.74) is -0.798. The molecule has 0 amide bonds. The van der Waals surface area contributed by atoms with Crippen LogP contribution in [0.4, 0.5) is 0 Å². The third kappa shape index (κ3) is 3.63. The Morgan fingerprint density at radius 3 is 2.35 bits per heavy atom. The van der Waals surface area contributed by atoms with Crippen molar-refractivity contribution < 1.29 is 19.1 Å². The lowest BCUT2D eigenvalue weighted by Crippen LogP contribution is -2.24. The molecule has 0 aliphatic carbocycles. The van der Waals surface area contributed by atoms with Crippen molar-refractivity contribution in [2.24, 2.45) is 0 Å². The Morgan fingerprint density at radius 1 is 1.13 bits per heavy atom. The van der Waals surface area contributed by atoms with Crippen molar-refractivity contribution in [3.05, 3.63) is 57.8 Å². The molecule has 7 heteroatoms. The van der Waals surface area contributed by atoms with Crippen LogP contribution in [-0.2, 0) is 4.74 Å². The van der Waals surface area contributed by atoms with Gasteiger partial charge in [-0.3, -0.25) is 4.79 Å². The molecule has 1 aromatic heterocycles. The molecule has 7 nitrogen and oxygen atoms in total. The molecule has 23 heavy (non-hydrogen) atoms. The molecule has 1 N–H and O–H groups in total. The third-order valence-electron chi connectivity index (χ3n) is 3.03. The highest BCUT2D eigenvalue weighted by atomic mass is 16.5. The van der Waals surface area contributed by atoms with E-state index in [0.717, 1.165) is 7.11 Å². The van der Waals surface area contributed by atoms with E-state index in [1.807, 2.05) is 0 Å². The number of H-pyrrole nitrogens is 1. The van der Waals surface area contributed by atoms with Crippen molar-refractivity contribution in [3.63, 3.8) is 0 Å². The summed E-state index contributed by atoms with van der Waals surface area (Å²) >= 11 is 0. The van der Waals surface area contributed by atoms with E-state index in [1.54, 1.807) is 32.0 Å². The predicted octanol–water partition coefficient (Wildman–Crippen LogP) is 1.90. The minimum Gasteiger partial charge on any atom is -0.464 e. The molecule has 120 valence electrons. The fourth-order valence-electron chi connectivity index (χ4n) is 1.81. The van der Waals surface area contributed by atoms with Crippen LogP contribution in [0.3, 0.4) is 0 Å². The number of rotatable bonds is 4. The normalized spacial score (nSPS) is 10.4. The average Bonchev–Trinajstić information content (AvgIpc) is 2.56. The van der Waals surface area contributed by atoms with Gasteiger partial charge < -0.3 is 14.5 Å². The van der Waals surface area contributed by atoms with Crippen LogP contribution in [0, 0.1) is 0 Å². The first kappa shape index (κ1) is 16.4. The Hall–Kier alpha value is -2.96. The molecule has 2 rings (SSSR count). The van der Waals surface area contributed by atoms with Gasteiger partial charge in [-0.25, -0.2) is 14.6 Å². The number of ether oxygens (including phenoxy) is 2. The van der Waals surface area contributed by atoms with E-state index in [4.69, 9.17) is 4.74 Å². The molecule has 0 bridgehead atoms. The van der Waals surface area contributed by atoms with Gasteiger partial charge in [0.15, 0.2) is 5.69 Å². The smallest absolute Gasteiger partial charge is 0.360 e. The van der Waals surface area contributed by atoms with Crippen molar-refractivity contribution >= 4 is 11.9 Å². The van der Waals surface area contributed by atoms with E-state index in [1.165, 1.54) is 12.1 Å². The van der Waals surface area contributed by atoms with Gasteiger partial charge in [0, 0.05) is 5.92 Å². The highest BCUT2D eigenvalue weighted by molar-refractivity contribution is 5.94. The van der Waals surface area contributed by atoms with E-state index in [-0.39, 0.29) is 17.2 Å². The molecule has 0 saturated carbocycles. The van der Waals surface area contributed by atoms with Crippen LogP contribution < -0.4 is 10.3 Å². The molecule has 0 atom stereocenters. The number of nitrogens with one attached hydrogen (secondary N) is 1. The first-order valence-electron chi connectivity index (χ1n) is 6.93. The average molecular weight is 316 g/mol. The maximum absolute atomic E-state index is 12.2. The van der Waals surface area contributed by atoms with Crippen molar-refractivity contribution in [3.8, 4) is 5.75 Å². The number of hydrogen-bond acceptors (Lipinski definition) is 6. The Balaban J connectivity index is 2.47. The zero-order valence-corrected chi connectivity index (χ0v) is 13.0. The van der Waals surface area contributed by atoms with Gasteiger partial charge in [-0.05, 0) is 12.1 Å². The summed E-state index contributed by atoms with van der Waals surface area (Å²) < 4.78 is 9.68. The molecule has 1 aromatic carbocycles. The second-order valence-corrected chi connectivity index (χ2v) is 5.03. The van der Waals surface area contributed by atoms with Crippen LogP contribution in [0.2, 0.25) is 0 Å². The SMILES string of the molecule is COC(=O)c1nc(C(C)C)[nH]c(=O)c1OC(=O)c1ccccc1. The van der Waals surface area contributed by atoms with Crippen molar-refractivity contribution in [1.29, 1.82) is 0 Å². The van der Waals surface area contributed by atoms with E-state index in [0.29, 0.717) is 5.82 Å². The number of esters is 2. The second kappa shape index (κ2) is 6.87. The van der Waals surface area contributed by atoms with E-state index in [2.05, 4.69) is 14.7 Å². The highest BCUT2D eigenvalue weighted by Crippen LogP contribution is 2.17. The molecular formula is C16H16N2O5. The topological polar surface area (TPSA) is 98.3 Å². The standard InChI is InChI=1S/C16H16N2O5/c1-9(2)13-17-11(16(21)22-3)12(14(19)18-13)23-15(20)10-7-5-4-6-8-10/h4-9H,1-3H3,(H,17,18,19). The molecular weight excluding hydrogens is 300 g/mol. The second-order valence-electron chi connectivity index (χ2n) is 5.03. The summed E-state index contributed by atoms with van der Waals surface area (Å²) in [4.78, 5) is 42.7. The van der Waals surface area contributed by atoms with Gasteiger partial charge in [0.2, 0.25) is 5.75 Å². The maximum atomic E-state index is 12.2. The number of aromatic amines is 1. The summed E-state index contributed by atoms with van der Waals surface area (Å²) in [6.45, 7) is 3.60. The lowest BCUT2D eigenvalue weighted by Gasteiger charge is -2.10. The van der Waals surface area contributed by atoms with Gasteiger partial charge in [-0.15, -0.1) is 0 Å². The zero-order valence-electron chi connectivity index (χ0n) is 13.0. The largest absolute Gasteiger partial charge is 0.464 e. The van der Waals surface area contributed by atoms with Crippen molar-refractivity contribution in [2.75, 3.05) is 7.11 Å². The fourth-order valence-corrected chi connectivity index (χ4v) is 1.81. The van der Waals surface area contributed by atoms with Crippen LogP contribution in [-0.4, -0.2) is 29.0 Å². The number of carbonyl (C=O) groups excluding carboxylic acids is 2. The Labute approximate surface area is 132 Å². The van der Waals surface area contributed by atoms with Gasteiger partial charge in [0.05, 0.1) is 12.7 Å². The highest BCUT2D eigenvalue weighted by Gasteiger charge is 2.24. The summed E-state index contributed by atoms with van der Waals surface area (Å²) in [6.07, 6.45) is 0. The fraction of sp³-hybridized carbons (Fsp3) is 0.250. The predicted molar refractivity (Wildman–Crippen MR) is 81.7 cm³/mol. The molecule has 1 heterocycles. The Kier molecular flexibility index (Phi) is 4.90.